The third-order valence-corrected chi connectivity index (χ3v) is 12.2. The number of para-hydroxylation sites is 1. The molecule has 246 valence electrons. The molecular weight excluding hydrogens is 609 g/mol. The molecule has 6 aliphatic rings. The Morgan fingerprint density at radius 3 is 2.52 bits per heavy atom. The molecule has 3 unspecified atom stereocenters. The zero-order valence-corrected chi connectivity index (χ0v) is 28.5. The smallest absolute Gasteiger partial charge is 0.135 e. The van der Waals surface area contributed by atoms with E-state index >= 15 is 0 Å². The minimum atomic E-state index is 0.257. The molecule has 0 radical (unpaired) electrons. The summed E-state index contributed by atoms with van der Waals surface area (Å²) in [5, 5.41) is 12.3. The highest BCUT2D eigenvalue weighted by Crippen LogP contribution is 2.47. The summed E-state index contributed by atoms with van der Waals surface area (Å²) in [6.45, 7) is 0. The van der Waals surface area contributed by atoms with E-state index in [4.69, 9.17) is 0 Å². The second kappa shape index (κ2) is 11.1. The zero-order chi connectivity index (χ0) is 32.8. The number of aryl methyl sites for hydroxylation is 1. The van der Waals surface area contributed by atoms with Gasteiger partial charge in [0, 0.05) is 33.1 Å². The summed E-state index contributed by atoms with van der Waals surface area (Å²) in [7, 11) is 0. The first-order chi connectivity index (χ1) is 24.8. The third kappa shape index (κ3) is 4.24. The lowest BCUT2D eigenvalue weighted by atomic mass is 9.82. The van der Waals surface area contributed by atoms with Crippen LogP contribution in [0.1, 0.15) is 56.2 Å². The predicted molar refractivity (Wildman–Crippen MR) is 209 cm³/mol. The molecule has 4 heteroatoms. The van der Waals surface area contributed by atoms with Crippen molar-refractivity contribution in [2.75, 3.05) is 0 Å². The van der Waals surface area contributed by atoms with Gasteiger partial charge in [-0.2, -0.15) is 0 Å². The molecule has 0 saturated heterocycles. The summed E-state index contributed by atoms with van der Waals surface area (Å²) in [4.78, 5) is 0. The first-order valence-corrected chi connectivity index (χ1v) is 18.9. The van der Waals surface area contributed by atoms with E-state index in [-0.39, 0.29) is 6.04 Å². The maximum atomic E-state index is 4.14. The summed E-state index contributed by atoms with van der Waals surface area (Å²) >= 11 is 0. The van der Waals surface area contributed by atoms with Crippen LogP contribution in [-0.4, -0.2) is 21.2 Å². The number of nitrogens with zero attached hydrogens (tertiary/aromatic N) is 2. The standard InChI is InChI=1S/C46H42N4/c1-2-14-31(15-3-1)45-46(48-39-20-10-9-19-38(39)47-45)50-41-25-23-30-13-6-7-17-34(30)44(41)37-27-36-35-18-8-11-21-40(35)49(42(36)28-43(37)50)33-24-22-29-12-4-5-16-32(29)26-33/h2,4,6-8,10-15,17-18,20-22,24,27-28,32,38-39,47-48H,1,3,5,9,16,19,23,25-26H2. The van der Waals surface area contributed by atoms with Gasteiger partial charge in [0.05, 0.1) is 34.3 Å². The van der Waals surface area contributed by atoms with Gasteiger partial charge in [-0.3, -0.25) is 4.57 Å². The van der Waals surface area contributed by atoms with Crippen LogP contribution in [0.5, 0.6) is 0 Å². The van der Waals surface area contributed by atoms with Crippen molar-refractivity contribution in [3.8, 4) is 11.1 Å². The van der Waals surface area contributed by atoms with Crippen LogP contribution in [-0.2, 0) is 12.8 Å². The Kier molecular flexibility index (Phi) is 6.38. The molecule has 11 rings (SSSR count). The lowest BCUT2D eigenvalue weighted by Crippen LogP contribution is -2.53. The molecule has 5 aromatic rings. The lowest BCUT2D eigenvalue weighted by Gasteiger charge is -2.39. The molecule has 3 heterocycles. The van der Waals surface area contributed by atoms with Gasteiger partial charge in [-0.05, 0) is 110 Å². The topological polar surface area (TPSA) is 33.9 Å². The Morgan fingerprint density at radius 2 is 1.56 bits per heavy atom. The molecule has 0 amide bonds. The number of benzene rings is 3. The van der Waals surface area contributed by atoms with E-state index in [9.17, 15) is 0 Å². The largest absolute Gasteiger partial charge is 0.376 e. The second-order valence-electron chi connectivity index (χ2n) is 15.0. The summed E-state index contributed by atoms with van der Waals surface area (Å²) < 4.78 is 5.22. The molecule has 3 aromatic carbocycles. The van der Waals surface area contributed by atoms with Crippen LogP contribution in [0.15, 0.2) is 132 Å². The minimum Gasteiger partial charge on any atom is -0.376 e. The average Bonchev–Trinajstić information content (AvgIpc) is 3.68. The summed E-state index contributed by atoms with van der Waals surface area (Å²) in [6.07, 6.45) is 31.3. The average molecular weight is 651 g/mol. The van der Waals surface area contributed by atoms with Crippen molar-refractivity contribution in [1.82, 2.24) is 19.8 Å². The molecular formula is C46H42N4. The van der Waals surface area contributed by atoms with Crippen molar-refractivity contribution in [3.05, 3.63) is 143 Å². The van der Waals surface area contributed by atoms with Gasteiger partial charge >= 0.3 is 0 Å². The van der Waals surface area contributed by atoms with Crippen LogP contribution in [0.2, 0.25) is 0 Å². The van der Waals surface area contributed by atoms with Crippen molar-refractivity contribution in [2.45, 2.75) is 69.9 Å². The fourth-order valence-corrected chi connectivity index (χ4v) is 9.87. The van der Waals surface area contributed by atoms with E-state index in [1.54, 1.807) is 0 Å². The Bertz CT molecular complexity index is 2480. The van der Waals surface area contributed by atoms with Gasteiger partial charge in [-0.15, -0.1) is 0 Å². The number of rotatable bonds is 3. The van der Waals surface area contributed by atoms with E-state index in [0.29, 0.717) is 12.0 Å². The normalized spacial score (nSPS) is 23.8. The van der Waals surface area contributed by atoms with E-state index in [2.05, 4.69) is 135 Å². The maximum absolute atomic E-state index is 4.14. The number of nitrogens with one attached hydrogen (secondary N) is 2. The summed E-state index contributed by atoms with van der Waals surface area (Å²) in [6, 6.07) is 23.9. The SMILES string of the molecule is C1=CC(C2=C(n3c4c(c5cc6c7ccccc7n(C7=CC=C8C=CCCC8C7)c6cc53)-c3ccccc3CC4)NC3C=CCCC3N2)=CCC1. The number of hydrogen-bond donors (Lipinski definition) is 2. The number of allylic oxidation sites excluding steroid dienone is 10. The second-order valence-corrected chi connectivity index (χ2v) is 15.0. The quantitative estimate of drug-likeness (QED) is 0.191. The Morgan fingerprint density at radius 1 is 0.680 bits per heavy atom. The molecule has 2 N–H and O–H groups in total. The summed E-state index contributed by atoms with van der Waals surface area (Å²) in [5.74, 6) is 1.79. The number of aromatic nitrogens is 2. The molecule has 0 saturated carbocycles. The Hall–Kier alpha value is -5.22. The van der Waals surface area contributed by atoms with Crippen LogP contribution in [0.25, 0.3) is 55.4 Å². The Labute approximate surface area is 293 Å². The first kappa shape index (κ1) is 28.6. The van der Waals surface area contributed by atoms with Crippen molar-refractivity contribution in [1.29, 1.82) is 0 Å². The highest BCUT2D eigenvalue weighted by molar-refractivity contribution is 6.17. The molecule has 4 nitrogen and oxygen atoms in total. The molecule has 0 fully saturated rings. The Balaban J connectivity index is 1.23. The summed E-state index contributed by atoms with van der Waals surface area (Å²) in [5.41, 5.74) is 15.0. The van der Waals surface area contributed by atoms with Gasteiger partial charge < -0.3 is 15.2 Å². The predicted octanol–water partition coefficient (Wildman–Crippen LogP) is 10.3. The van der Waals surface area contributed by atoms with Gasteiger partial charge in [-0.1, -0.05) is 91.1 Å². The van der Waals surface area contributed by atoms with Gasteiger partial charge in [0.1, 0.15) is 5.82 Å². The van der Waals surface area contributed by atoms with Gasteiger partial charge in [0.2, 0.25) is 0 Å². The van der Waals surface area contributed by atoms with Crippen LogP contribution in [0.4, 0.5) is 0 Å². The molecule has 1 aliphatic heterocycles. The van der Waals surface area contributed by atoms with Crippen LogP contribution >= 0.6 is 0 Å². The third-order valence-electron chi connectivity index (χ3n) is 12.2. The maximum Gasteiger partial charge on any atom is 0.135 e. The van der Waals surface area contributed by atoms with Gasteiger partial charge in [-0.25, -0.2) is 0 Å². The fourth-order valence-electron chi connectivity index (χ4n) is 9.87. The molecule has 50 heavy (non-hydrogen) atoms. The van der Waals surface area contributed by atoms with Crippen molar-refractivity contribution >= 4 is 44.2 Å². The van der Waals surface area contributed by atoms with Crippen molar-refractivity contribution < 1.29 is 0 Å². The van der Waals surface area contributed by atoms with Crippen LogP contribution in [0, 0.1) is 5.92 Å². The molecule has 5 aliphatic carbocycles. The molecule has 3 atom stereocenters. The van der Waals surface area contributed by atoms with E-state index in [1.807, 2.05) is 0 Å². The van der Waals surface area contributed by atoms with Crippen molar-refractivity contribution in [2.24, 2.45) is 5.92 Å². The molecule has 0 spiro atoms. The minimum absolute atomic E-state index is 0.257. The number of hydrogen-bond acceptors (Lipinski definition) is 2. The zero-order valence-electron chi connectivity index (χ0n) is 28.5. The highest BCUT2D eigenvalue weighted by atomic mass is 15.2. The van der Waals surface area contributed by atoms with E-state index < -0.39 is 0 Å². The van der Waals surface area contributed by atoms with Crippen LogP contribution < -0.4 is 10.6 Å². The lowest BCUT2D eigenvalue weighted by molar-refractivity contribution is 0.417. The van der Waals surface area contributed by atoms with E-state index in [0.717, 1.165) is 44.9 Å². The van der Waals surface area contributed by atoms with Gasteiger partial charge in [0.25, 0.3) is 0 Å². The van der Waals surface area contributed by atoms with Gasteiger partial charge in [0.15, 0.2) is 0 Å². The monoisotopic (exact) mass is 650 g/mol. The van der Waals surface area contributed by atoms with Crippen molar-refractivity contribution in [3.63, 3.8) is 0 Å². The van der Waals surface area contributed by atoms with Crippen LogP contribution in [0.3, 0.4) is 0 Å². The molecule has 0 bridgehead atoms. The number of fused-ring (bicyclic) bond motifs is 10. The first-order valence-electron chi connectivity index (χ1n) is 18.9. The van der Waals surface area contributed by atoms with E-state index in [1.165, 1.54) is 96.3 Å². The highest BCUT2D eigenvalue weighted by Gasteiger charge is 2.35. The molecule has 2 aromatic heterocycles. The fraction of sp³-hybridized carbons (Fsp3) is 0.261.